The van der Waals surface area contributed by atoms with Crippen LogP contribution in [0.3, 0.4) is 0 Å². The Morgan fingerprint density at radius 2 is 1.64 bits per heavy atom. The fourth-order valence-corrected chi connectivity index (χ4v) is 2.17. The van der Waals surface area contributed by atoms with E-state index >= 15 is 0 Å². The summed E-state index contributed by atoms with van der Waals surface area (Å²) in [5, 5.41) is 0. The first-order chi connectivity index (χ1) is 6.86. The summed E-state index contributed by atoms with van der Waals surface area (Å²) in [5.41, 5.74) is 3.13. The monoisotopic (exact) mass is 189 g/mol. The molecule has 1 heteroatoms. The molecule has 14 heavy (non-hydrogen) atoms. The number of likely N-dealkylation sites (N-methyl/N-ethyl adjacent to an activating group) is 1. The van der Waals surface area contributed by atoms with E-state index in [0.717, 1.165) is 0 Å². The summed E-state index contributed by atoms with van der Waals surface area (Å²) in [6, 6.07) is 8.91. The predicted octanol–water partition coefficient (Wildman–Crippen LogP) is 2.50. The molecule has 0 bridgehead atoms. The number of hydrogen-bond acceptors (Lipinski definition) is 1. The lowest BCUT2D eigenvalue weighted by Crippen LogP contribution is -2.21. The first kappa shape index (κ1) is 9.72. The molecule has 1 aliphatic heterocycles. The van der Waals surface area contributed by atoms with Crippen LogP contribution in [0.25, 0.3) is 0 Å². The quantitative estimate of drug-likeness (QED) is 0.606. The average molecular weight is 189 g/mol. The number of hydrogen-bond donors (Lipinski definition) is 0. The smallest absolute Gasteiger partial charge is 0.00189 e. The third-order valence-electron chi connectivity index (χ3n) is 3.12. The Hall–Kier alpha value is -0.820. The van der Waals surface area contributed by atoms with Gasteiger partial charge in [0.2, 0.25) is 0 Å². The largest absolute Gasteiger partial charge is 0.306 e. The molecule has 0 N–H and O–H groups in total. The van der Waals surface area contributed by atoms with Crippen molar-refractivity contribution in [2.45, 2.75) is 25.7 Å². The maximum atomic E-state index is 2.45. The van der Waals surface area contributed by atoms with Crippen molar-refractivity contribution in [3.63, 3.8) is 0 Å². The summed E-state index contributed by atoms with van der Waals surface area (Å²) in [6.07, 6.45) is 5.16. The van der Waals surface area contributed by atoms with Gasteiger partial charge in [0, 0.05) is 6.54 Å². The molecule has 0 fully saturated rings. The van der Waals surface area contributed by atoms with Crippen molar-refractivity contribution >= 4 is 0 Å². The van der Waals surface area contributed by atoms with Crippen LogP contribution in [0.15, 0.2) is 24.3 Å². The maximum absolute atomic E-state index is 2.45. The second-order valence-electron chi connectivity index (χ2n) is 4.28. The van der Waals surface area contributed by atoms with Crippen molar-refractivity contribution in [3.8, 4) is 0 Å². The highest BCUT2D eigenvalue weighted by Crippen LogP contribution is 2.15. The standard InChI is InChI=1S/C13H19N/c1-14-10-5-4-8-12-6-2-3-7-13(12)9-11-14/h2-3,6-7H,4-5,8-11H2,1H3. The van der Waals surface area contributed by atoms with E-state index in [4.69, 9.17) is 0 Å². The van der Waals surface area contributed by atoms with Gasteiger partial charge in [-0.3, -0.25) is 0 Å². The SMILES string of the molecule is CN1CCCCc2ccccc2CC1. The molecule has 76 valence electrons. The first-order valence-corrected chi connectivity index (χ1v) is 5.61. The number of nitrogens with zero attached hydrogens (tertiary/aromatic N) is 1. The van der Waals surface area contributed by atoms with Crippen molar-refractivity contribution in [1.29, 1.82) is 0 Å². The zero-order chi connectivity index (χ0) is 9.80. The molecular weight excluding hydrogens is 170 g/mol. The molecule has 1 aromatic rings. The molecule has 1 heterocycles. The van der Waals surface area contributed by atoms with Gasteiger partial charge in [-0.15, -0.1) is 0 Å². The second kappa shape index (κ2) is 4.61. The Balaban J connectivity index is 2.16. The number of aryl methyl sites for hydroxylation is 1. The van der Waals surface area contributed by atoms with E-state index in [2.05, 4.69) is 36.2 Å². The van der Waals surface area contributed by atoms with E-state index in [1.807, 2.05) is 0 Å². The molecule has 0 aromatic heterocycles. The van der Waals surface area contributed by atoms with Crippen molar-refractivity contribution in [1.82, 2.24) is 4.90 Å². The van der Waals surface area contributed by atoms with E-state index in [1.54, 1.807) is 11.1 Å². The lowest BCUT2D eigenvalue weighted by molar-refractivity contribution is 0.333. The van der Waals surface area contributed by atoms with E-state index in [1.165, 1.54) is 38.8 Å². The normalized spacial score (nSPS) is 19.2. The third kappa shape index (κ3) is 2.36. The van der Waals surface area contributed by atoms with Crippen LogP contribution < -0.4 is 0 Å². The molecule has 1 aromatic carbocycles. The van der Waals surface area contributed by atoms with Crippen molar-refractivity contribution in [3.05, 3.63) is 35.4 Å². The molecule has 0 radical (unpaired) electrons. The van der Waals surface area contributed by atoms with Gasteiger partial charge in [-0.2, -0.15) is 0 Å². The second-order valence-corrected chi connectivity index (χ2v) is 4.28. The zero-order valence-electron chi connectivity index (χ0n) is 9.00. The molecule has 0 saturated carbocycles. The van der Waals surface area contributed by atoms with Crippen LogP contribution in [0.1, 0.15) is 24.0 Å². The molecule has 0 spiro atoms. The van der Waals surface area contributed by atoms with Gasteiger partial charge in [0.15, 0.2) is 0 Å². The number of benzene rings is 1. The van der Waals surface area contributed by atoms with Gasteiger partial charge in [0.1, 0.15) is 0 Å². The van der Waals surface area contributed by atoms with Gasteiger partial charge in [-0.05, 0) is 50.4 Å². The summed E-state index contributed by atoms with van der Waals surface area (Å²) in [5.74, 6) is 0. The minimum atomic E-state index is 1.21. The molecule has 2 rings (SSSR count). The lowest BCUT2D eigenvalue weighted by atomic mass is 10.0. The molecule has 0 saturated heterocycles. The topological polar surface area (TPSA) is 3.24 Å². The van der Waals surface area contributed by atoms with Crippen LogP contribution >= 0.6 is 0 Å². The summed E-state index contributed by atoms with van der Waals surface area (Å²) < 4.78 is 0. The zero-order valence-corrected chi connectivity index (χ0v) is 9.00. The number of rotatable bonds is 0. The molecule has 1 nitrogen and oxygen atoms in total. The summed E-state index contributed by atoms with van der Waals surface area (Å²) >= 11 is 0. The van der Waals surface area contributed by atoms with E-state index in [0.29, 0.717) is 0 Å². The summed E-state index contributed by atoms with van der Waals surface area (Å²) in [4.78, 5) is 2.45. The van der Waals surface area contributed by atoms with Gasteiger partial charge >= 0.3 is 0 Å². The number of fused-ring (bicyclic) bond motifs is 1. The van der Waals surface area contributed by atoms with Gasteiger partial charge in [0.05, 0.1) is 0 Å². The van der Waals surface area contributed by atoms with Crippen molar-refractivity contribution in [2.24, 2.45) is 0 Å². The lowest BCUT2D eigenvalue weighted by Gasteiger charge is -2.14. The van der Waals surface area contributed by atoms with Gasteiger partial charge in [0.25, 0.3) is 0 Å². The Morgan fingerprint density at radius 3 is 2.43 bits per heavy atom. The van der Waals surface area contributed by atoms with Gasteiger partial charge in [-0.25, -0.2) is 0 Å². The first-order valence-electron chi connectivity index (χ1n) is 5.61. The van der Waals surface area contributed by atoms with Crippen LogP contribution in [0.5, 0.6) is 0 Å². The van der Waals surface area contributed by atoms with Crippen LogP contribution in [0, 0.1) is 0 Å². The highest BCUT2D eigenvalue weighted by atomic mass is 15.1. The van der Waals surface area contributed by atoms with E-state index in [9.17, 15) is 0 Å². The Morgan fingerprint density at radius 1 is 0.929 bits per heavy atom. The van der Waals surface area contributed by atoms with E-state index in [-0.39, 0.29) is 0 Å². The Bertz CT molecular complexity index is 293. The minimum absolute atomic E-state index is 1.21. The van der Waals surface area contributed by atoms with Crippen LogP contribution in [0.4, 0.5) is 0 Å². The highest BCUT2D eigenvalue weighted by Gasteiger charge is 2.07. The van der Waals surface area contributed by atoms with Gasteiger partial charge in [-0.1, -0.05) is 24.3 Å². The molecule has 1 aliphatic rings. The molecule has 0 unspecified atom stereocenters. The van der Waals surface area contributed by atoms with Crippen LogP contribution in [-0.2, 0) is 12.8 Å². The highest BCUT2D eigenvalue weighted by molar-refractivity contribution is 5.27. The molecular formula is C13H19N. The summed E-state index contributed by atoms with van der Waals surface area (Å²) in [7, 11) is 2.23. The van der Waals surface area contributed by atoms with Crippen LogP contribution in [-0.4, -0.2) is 25.0 Å². The van der Waals surface area contributed by atoms with Crippen LogP contribution in [0.2, 0.25) is 0 Å². The van der Waals surface area contributed by atoms with Gasteiger partial charge < -0.3 is 4.90 Å². The molecule has 0 amide bonds. The molecule has 0 atom stereocenters. The van der Waals surface area contributed by atoms with Crippen molar-refractivity contribution in [2.75, 3.05) is 20.1 Å². The summed E-state index contributed by atoms with van der Waals surface area (Å²) in [6.45, 7) is 2.46. The maximum Gasteiger partial charge on any atom is 0.00189 e. The average Bonchev–Trinajstić information content (AvgIpc) is 2.30. The fraction of sp³-hybridized carbons (Fsp3) is 0.538. The fourth-order valence-electron chi connectivity index (χ4n) is 2.17. The van der Waals surface area contributed by atoms with Crippen molar-refractivity contribution < 1.29 is 0 Å². The minimum Gasteiger partial charge on any atom is -0.306 e. The Labute approximate surface area is 86.7 Å². The van der Waals surface area contributed by atoms with E-state index < -0.39 is 0 Å². The molecule has 0 aliphatic carbocycles. The Kier molecular flexibility index (Phi) is 3.20. The predicted molar refractivity (Wildman–Crippen MR) is 60.6 cm³/mol. The third-order valence-corrected chi connectivity index (χ3v) is 3.12.